The van der Waals surface area contributed by atoms with Crippen molar-refractivity contribution in [2.45, 2.75) is 19.8 Å². The summed E-state index contributed by atoms with van der Waals surface area (Å²) >= 11 is 0. The van der Waals surface area contributed by atoms with Crippen LogP contribution < -0.4 is 23.7 Å². The van der Waals surface area contributed by atoms with E-state index in [1.807, 2.05) is 0 Å². The maximum Gasteiger partial charge on any atom is 0.508 e. The molecule has 0 bridgehead atoms. The molecule has 0 amide bonds. The molecule has 0 fully saturated rings. The highest BCUT2D eigenvalue weighted by Crippen LogP contribution is 2.46. The van der Waals surface area contributed by atoms with Crippen LogP contribution in [0.4, 0.5) is 9.59 Å². The minimum Gasteiger partial charge on any atom is -0.493 e. The second kappa shape index (κ2) is 14.6. The number of benzene rings is 2. The Morgan fingerprint density at radius 3 is 1.95 bits per heavy atom. The lowest BCUT2D eigenvalue weighted by molar-refractivity contribution is -0.128. The molecule has 0 N–H and O–H groups in total. The van der Waals surface area contributed by atoms with Crippen molar-refractivity contribution in [3.8, 4) is 28.7 Å². The number of aldehydes is 1. The minimum absolute atomic E-state index is 0.0381. The fraction of sp³-hybridized carbons (Fsp3) is 0.429. The number of hydrogen-bond donors (Lipinski definition) is 0. The van der Waals surface area contributed by atoms with E-state index in [-0.39, 0.29) is 42.8 Å². The van der Waals surface area contributed by atoms with E-state index in [2.05, 4.69) is 0 Å². The smallest absolute Gasteiger partial charge is 0.493 e. The van der Waals surface area contributed by atoms with Gasteiger partial charge in [-0.2, -0.15) is 0 Å². The molecule has 0 unspecified atom stereocenters. The van der Waals surface area contributed by atoms with E-state index in [1.165, 1.54) is 27.4 Å². The maximum absolute atomic E-state index is 13.7. The van der Waals surface area contributed by atoms with Crippen molar-refractivity contribution < 1.29 is 61.8 Å². The van der Waals surface area contributed by atoms with Gasteiger partial charge in [0, 0.05) is 11.5 Å². The Hall–Kier alpha value is -4.68. The molecule has 41 heavy (non-hydrogen) atoms. The van der Waals surface area contributed by atoms with Gasteiger partial charge in [0.15, 0.2) is 35.4 Å². The van der Waals surface area contributed by atoms with Crippen LogP contribution in [0, 0.1) is 5.92 Å². The second-order valence-corrected chi connectivity index (χ2v) is 8.43. The molecule has 3 rings (SSSR count). The lowest BCUT2D eigenvalue weighted by Gasteiger charge is -2.29. The number of methoxy groups -OCH3 is 3. The third kappa shape index (κ3) is 7.29. The molecule has 0 aromatic heterocycles. The molecule has 2 aromatic rings. The van der Waals surface area contributed by atoms with E-state index in [4.69, 9.17) is 42.6 Å². The Kier molecular flexibility index (Phi) is 11.0. The Morgan fingerprint density at radius 2 is 1.41 bits per heavy atom. The van der Waals surface area contributed by atoms with Crippen LogP contribution >= 0.6 is 0 Å². The standard InChI is InChI=1S/C28H32O13/c1-6-36-27(31)38-13-19(20(30)14-39-28(32)37-7-2)25(16-8-23(33-3)26(35-5)24(9-16)34-4)18-11-22-21(40-15-41-22)10-17(18)12-29/h8-12,19,25H,6-7,13-15H2,1-5H3/t19-,25+/m0/s1. The van der Waals surface area contributed by atoms with Gasteiger partial charge in [0.05, 0.1) is 40.5 Å². The minimum atomic E-state index is -1.21. The zero-order chi connectivity index (χ0) is 29.9. The first-order valence-corrected chi connectivity index (χ1v) is 12.6. The topological polar surface area (TPSA) is 151 Å². The number of fused-ring (bicyclic) bond motifs is 1. The van der Waals surface area contributed by atoms with Crippen molar-refractivity contribution in [3.05, 3.63) is 41.0 Å². The van der Waals surface area contributed by atoms with Crippen molar-refractivity contribution in [2.24, 2.45) is 5.92 Å². The molecule has 0 spiro atoms. The number of hydrogen-bond acceptors (Lipinski definition) is 13. The Balaban J connectivity index is 2.23. The largest absolute Gasteiger partial charge is 0.508 e. The quantitative estimate of drug-likeness (QED) is 0.236. The van der Waals surface area contributed by atoms with E-state index in [0.29, 0.717) is 28.9 Å². The Labute approximate surface area is 236 Å². The number of Topliss-reactive ketones (excluding diaryl/α,β-unsaturated/α-hetero) is 1. The highest BCUT2D eigenvalue weighted by molar-refractivity contribution is 5.87. The van der Waals surface area contributed by atoms with Crippen LogP contribution in [0.3, 0.4) is 0 Å². The molecule has 1 aliphatic heterocycles. The van der Waals surface area contributed by atoms with Crippen molar-refractivity contribution in [1.82, 2.24) is 0 Å². The van der Waals surface area contributed by atoms with Crippen molar-refractivity contribution in [3.63, 3.8) is 0 Å². The molecule has 0 radical (unpaired) electrons. The van der Waals surface area contributed by atoms with E-state index in [0.717, 1.165) is 0 Å². The van der Waals surface area contributed by atoms with Crippen molar-refractivity contribution in [1.29, 1.82) is 0 Å². The predicted molar refractivity (Wildman–Crippen MR) is 140 cm³/mol. The first-order chi connectivity index (χ1) is 19.8. The van der Waals surface area contributed by atoms with Gasteiger partial charge < -0.3 is 42.6 Å². The van der Waals surface area contributed by atoms with Crippen molar-refractivity contribution >= 4 is 24.4 Å². The summed E-state index contributed by atoms with van der Waals surface area (Å²) in [6.07, 6.45) is -1.46. The van der Waals surface area contributed by atoms with Gasteiger partial charge in [-0.25, -0.2) is 9.59 Å². The molecule has 0 aliphatic carbocycles. The summed E-state index contributed by atoms with van der Waals surface area (Å²) in [5.74, 6) is -1.35. The zero-order valence-corrected chi connectivity index (χ0v) is 23.4. The molecule has 0 saturated carbocycles. The van der Waals surface area contributed by atoms with Gasteiger partial charge >= 0.3 is 12.3 Å². The van der Waals surface area contributed by atoms with Crippen LogP contribution in [0.5, 0.6) is 28.7 Å². The summed E-state index contributed by atoms with van der Waals surface area (Å²) in [7, 11) is 4.28. The summed E-state index contributed by atoms with van der Waals surface area (Å²) < 4.78 is 47.4. The van der Waals surface area contributed by atoms with Gasteiger partial charge in [-0.15, -0.1) is 0 Å². The number of ketones is 1. The first-order valence-electron chi connectivity index (χ1n) is 12.6. The number of ether oxygens (including phenoxy) is 9. The summed E-state index contributed by atoms with van der Waals surface area (Å²) in [4.78, 5) is 50.0. The first kappa shape index (κ1) is 30.9. The SMILES string of the molecule is CCOC(=O)OCC(=O)[C@H](COC(=O)OCC)[C@H](c1cc(OC)c(OC)c(OC)c1)c1cc2c(cc1C=O)OCO2. The number of carbonyl (C=O) groups excluding carboxylic acids is 4. The average molecular weight is 577 g/mol. The van der Waals surface area contributed by atoms with Gasteiger partial charge in [-0.1, -0.05) is 0 Å². The molecular formula is C28H32O13. The number of carbonyl (C=O) groups is 4. The number of rotatable bonds is 14. The molecule has 1 heterocycles. The zero-order valence-electron chi connectivity index (χ0n) is 23.4. The van der Waals surface area contributed by atoms with E-state index >= 15 is 0 Å². The monoisotopic (exact) mass is 576 g/mol. The molecule has 2 aromatic carbocycles. The van der Waals surface area contributed by atoms with Gasteiger partial charge in [0.1, 0.15) is 12.9 Å². The Morgan fingerprint density at radius 1 is 0.829 bits per heavy atom. The van der Waals surface area contributed by atoms with Crippen LogP contribution in [0.1, 0.15) is 41.3 Å². The predicted octanol–water partition coefficient (Wildman–Crippen LogP) is 3.92. The van der Waals surface area contributed by atoms with Gasteiger partial charge in [0.2, 0.25) is 12.5 Å². The van der Waals surface area contributed by atoms with Crippen LogP contribution in [0.25, 0.3) is 0 Å². The maximum atomic E-state index is 13.7. The molecule has 222 valence electrons. The lowest BCUT2D eigenvalue weighted by Crippen LogP contribution is -2.33. The summed E-state index contributed by atoms with van der Waals surface area (Å²) in [5.41, 5.74) is 0.928. The molecule has 0 saturated heterocycles. The fourth-order valence-electron chi connectivity index (χ4n) is 4.34. The molecular weight excluding hydrogens is 544 g/mol. The fourth-order valence-corrected chi connectivity index (χ4v) is 4.34. The van der Waals surface area contributed by atoms with E-state index in [9.17, 15) is 19.2 Å². The van der Waals surface area contributed by atoms with Crippen LogP contribution in [-0.4, -0.2) is 78.9 Å². The third-order valence-corrected chi connectivity index (χ3v) is 6.14. The van der Waals surface area contributed by atoms with Crippen LogP contribution in [-0.2, 0) is 23.7 Å². The highest BCUT2D eigenvalue weighted by atomic mass is 16.7. The molecule has 1 aliphatic rings. The summed E-state index contributed by atoms with van der Waals surface area (Å²) in [5, 5.41) is 0. The second-order valence-electron chi connectivity index (χ2n) is 8.43. The normalized spacial score (nSPS) is 12.9. The molecule has 2 atom stereocenters. The summed E-state index contributed by atoms with van der Waals surface area (Å²) in [6.45, 7) is 1.98. The van der Waals surface area contributed by atoms with Crippen molar-refractivity contribution in [2.75, 3.05) is 54.5 Å². The summed E-state index contributed by atoms with van der Waals surface area (Å²) in [6, 6.07) is 6.25. The van der Waals surface area contributed by atoms with Crippen LogP contribution in [0.2, 0.25) is 0 Å². The molecule has 13 nitrogen and oxygen atoms in total. The highest BCUT2D eigenvalue weighted by Gasteiger charge is 2.37. The van der Waals surface area contributed by atoms with E-state index in [1.54, 1.807) is 32.0 Å². The third-order valence-electron chi connectivity index (χ3n) is 6.14. The van der Waals surface area contributed by atoms with Gasteiger partial charge in [-0.05, 0) is 49.2 Å². The average Bonchev–Trinajstić information content (AvgIpc) is 3.44. The van der Waals surface area contributed by atoms with Crippen LogP contribution in [0.15, 0.2) is 24.3 Å². The van der Waals surface area contributed by atoms with Gasteiger partial charge in [-0.3, -0.25) is 9.59 Å². The lowest BCUT2D eigenvalue weighted by atomic mass is 9.77. The van der Waals surface area contributed by atoms with Gasteiger partial charge in [0.25, 0.3) is 0 Å². The van der Waals surface area contributed by atoms with E-state index < -0.39 is 43.1 Å². The molecule has 13 heteroatoms. The Bertz CT molecular complexity index is 1230.